The molecule has 0 saturated carbocycles. The summed E-state index contributed by atoms with van der Waals surface area (Å²) >= 11 is 0. The molecule has 1 aliphatic heterocycles. The zero-order valence-corrected chi connectivity index (χ0v) is 11.7. The van der Waals surface area contributed by atoms with Crippen LogP contribution in [0, 0.1) is 0 Å². The van der Waals surface area contributed by atoms with Crippen LogP contribution in [0.2, 0.25) is 0 Å². The first-order chi connectivity index (χ1) is 8.97. The Hall–Kier alpha value is -1.02. The van der Waals surface area contributed by atoms with Crippen molar-refractivity contribution in [1.82, 2.24) is 9.71 Å². The molecule has 1 unspecified atom stereocenters. The Morgan fingerprint density at radius 2 is 2.37 bits per heavy atom. The maximum Gasteiger partial charge on any atom is 0.242 e. The summed E-state index contributed by atoms with van der Waals surface area (Å²) in [6.07, 6.45) is 3.34. The number of nitrogens with zero attached hydrogens (tertiary/aromatic N) is 1. The summed E-state index contributed by atoms with van der Waals surface area (Å²) in [6, 6.07) is 3.09. The predicted molar refractivity (Wildman–Crippen MR) is 70.9 cm³/mol. The Morgan fingerprint density at radius 1 is 1.58 bits per heavy atom. The van der Waals surface area contributed by atoms with E-state index in [1.807, 2.05) is 6.92 Å². The topological polar surface area (TPSA) is 94.3 Å². The van der Waals surface area contributed by atoms with Gasteiger partial charge in [0.05, 0.1) is 11.3 Å². The highest BCUT2D eigenvalue weighted by Crippen LogP contribution is 2.24. The Bertz CT molecular complexity index is 539. The van der Waals surface area contributed by atoms with Crippen LogP contribution < -0.4 is 10.5 Å². The van der Waals surface area contributed by atoms with Gasteiger partial charge in [-0.3, -0.25) is 4.98 Å². The SMILES string of the molecule is CC1(CNS(=O)(=O)c2cccnc2CN)CCCO1. The monoisotopic (exact) mass is 285 g/mol. The minimum absolute atomic E-state index is 0.0881. The number of nitrogens with two attached hydrogens (primary N) is 1. The van der Waals surface area contributed by atoms with Crippen LogP contribution in [-0.4, -0.2) is 32.2 Å². The molecule has 0 amide bonds. The molecule has 0 bridgehead atoms. The first-order valence-electron chi connectivity index (χ1n) is 6.24. The molecule has 2 heterocycles. The van der Waals surface area contributed by atoms with Crippen molar-refractivity contribution in [3.63, 3.8) is 0 Å². The Labute approximate surface area is 113 Å². The lowest BCUT2D eigenvalue weighted by molar-refractivity contribution is 0.0250. The molecule has 0 aromatic carbocycles. The van der Waals surface area contributed by atoms with E-state index in [9.17, 15) is 8.42 Å². The zero-order chi connectivity index (χ0) is 13.9. The maximum absolute atomic E-state index is 12.2. The van der Waals surface area contributed by atoms with Crippen molar-refractivity contribution in [3.8, 4) is 0 Å². The molecule has 1 aliphatic rings. The van der Waals surface area contributed by atoms with Crippen LogP contribution >= 0.6 is 0 Å². The summed E-state index contributed by atoms with van der Waals surface area (Å²) in [5, 5.41) is 0. The second kappa shape index (κ2) is 5.54. The molecule has 19 heavy (non-hydrogen) atoms. The largest absolute Gasteiger partial charge is 0.374 e. The molecule has 6 nitrogen and oxygen atoms in total. The van der Waals surface area contributed by atoms with E-state index in [0.717, 1.165) is 12.8 Å². The summed E-state index contributed by atoms with van der Waals surface area (Å²) < 4.78 is 32.6. The van der Waals surface area contributed by atoms with Gasteiger partial charge in [-0.1, -0.05) is 0 Å². The summed E-state index contributed by atoms with van der Waals surface area (Å²) in [6.45, 7) is 2.94. The molecule has 0 spiro atoms. The minimum atomic E-state index is -3.60. The fourth-order valence-electron chi connectivity index (χ4n) is 2.12. The summed E-state index contributed by atoms with van der Waals surface area (Å²) in [4.78, 5) is 4.12. The van der Waals surface area contributed by atoms with Crippen LogP contribution in [0.1, 0.15) is 25.5 Å². The van der Waals surface area contributed by atoms with Crippen molar-refractivity contribution in [2.24, 2.45) is 5.73 Å². The molecule has 2 rings (SSSR count). The van der Waals surface area contributed by atoms with E-state index in [1.54, 1.807) is 6.07 Å². The van der Waals surface area contributed by atoms with Gasteiger partial charge in [-0.05, 0) is 31.9 Å². The normalized spacial score (nSPS) is 23.7. The number of hydrogen-bond acceptors (Lipinski definition) is 5. The average molecular weight is 285 g/mol. The third kappa shape index (κ3) is 3.30. The molecule has 0 aliphatic carbocycles. The predicted octanol–water partition coefficient (Wildman–Crippen LogP) is 0.388. The van der Waals surface area contributed by atoms with Crippen molar-refractivity contribution < 1.29 is 13.2 Å². The lowest BCUT2D eigenvalue weighted by atomic mass is 10.0. The molecule has 106 valence electrons. The van der Waals surface area contributed by atoms with E-state index >= 15 is 0 Å². The van der Waals surface area contributed by atoms with Gasteiger partial charge in [-0.25, -0.2) is 13.1 Å². The molecule has 1 aromatic heterocycles. The highest BCUT2D eigenvalue weighted by atomic mass is 32.2. The molecule has 0 radical (unpaired) electrons. The number of nitrogens with one attached hydrogen (secondary N) is 1. The molecular weight excluding hydrogens is 266 g/mol. The van der Waals surface area contributed by atoms with Gasteiger partial charge in [0, 0.05) is 25.9 Å². The minimum Gasteiger partial charge on any atom is -0.374 e. The maximum atomic E-state index is 12.2. The number of sulfonamides is 1. The summed E-state index contributed by atoms with van der Waals surface area (Å²) in [7, 11) is -3.60. The van der Waals surface area contributed by atoms with Crippen LogP contribution in [0.5, 0.6) is 0 Å². The van der Waals surface area contributed by atoms with E-state index in [-0.39, 0.29) is 18.0 Å². The van der Waals surface area contributed by atoms with Crippen LogP contribution in [0.15, 0.2) is 23.2 Å². The van der Waals surface area contributed by atoms with Gasteiger partial charge >= 0.3 is 0 Å². The highest BCUT2D eigenvalue weighted by molar-refractivity contribution is 7.89. The Kier molecular flexibility index (Phi) is 4.19. The number of aromatic nitrogens is 1. The first-order valence-corrected chi connectivity index (χ1v) is 7.73. The van der Waals surface area contributed by atoms with Gasteiger partial charge in [-0.15, -0.1) is 0 Å². The van der Waals surface area contributed by atoms with E-state index < -0.39 is 15.6 Å². The lowest BCUT2D eigenvalue weighted by Crippen LogP contribution is -2.40. The van der Waals surface area contributed by atoms with Gasteiger partial charge in [-0.2, -0.15) is 0 Å². The van der Waals surface area contributed by atoms with Crippen molar-refractivity contribution in [2.45, 2.75) is 36.8 Å². The third-order valence-electron chi connectivity index (χ3n) is 3.27. The van der Waals surface area contributed by atoms with Crippen molar-refractivity contribution >= 4 is 10.0 Å². The van der Waals surface area contributed by atoms with Crippen LogP contribution in [0.25, 0.3) is 0 Å². The first kappa shape index (κ1) is 14.4. The van der Waals surface area contributed by atoms with Crippen molar-refractivity contribution in [3.05, 3.63) is 24.0 Å². The van der Waals surface area contributed by atoms with Gasteiger partial charge in [0.15, 0.2) is 0 Å². The molecule has 1 atom stereocenters. The highest BCUT2D eigenvalue weighted by Gasteiger charge is 2.31. The van der Waals surface area contributed by atoms with E-state index in [2.05, 4.69) is 9.71 Å². The molecule has 1 aromatic rings. The van der Waals surface area contributed by atoms with Crippen LogP contribution in [-0.2, 0) is 21.3 Å². The van der Waals surface area contributed by atoms with Gasteiger partial charge in [0.2, 0.25) is 10.0 Å². The summed E-state index contributed by atoms with van der Waals surface area (Å²) in [5.74, 6) is 0. The van der Waals surface area contributed by atoms with Crippen LogP contribution in [0.3, 0.4) is 0 Å². The third-order valence-corrected chi connectivity index (χ3v) is 4.74. The number of pyridine rings is 1. The number of hydrogen-bond donors (Lipinski definition) is 2. The standard InChI is InChI=1S/C12H19N3O3S/c1-12(5-3-7-18-12)9-15-19(16,17)11-4-2-6-14-10(11)8-13/h2,4,6,15H,3,5,7-9,13H2,1H3. The van der Waals surface area contributed by atoms with Gasteiger partial charge < -0.3 is 10.5 Å². The fraction of sp³-hybridized carbons (Fsp3) is 0.583. The molecule has 3 N–H and O–H groups in total. The van der Waals surface area contributed by atoms with Crippen LogP contribution in [0.4, 0.5) is 0 Å². The van der Waals surface area contributed by atoms with Gasteiger partial charge in [0.25, 0.3) is 0 Å². The smallest absolute Gasteiger partial charge is 0.242 e. The van der Waals surface area contributed by atoms with E-state index in [4.69, 9.17) is 10.5 Å². The second-order valence-corrected chi connectivity index (χ2v) is 6.61. The fourth-order valence-corrected chi connectivity index (χ4v) is 3.48. The van der Waals surface area contributed by atoms with Crippen molar-refractivity contribution in [1.29, 1.82) is 0 Å². The second-order valence-electron chi connectivity index (χ2n) is 4.88. The van der Waals surface area contributed by atoms with Crippen molar-refractivity contribution in [2.75, 3.05) is 13.2 Å². The zero-order valence-electron chi connectivity index (χ0n) is 10.9. The number of ether oxygens (including phenoxy) is 1. The summed E-state index contributed by atoms with van der Waals surface area (Å²) in [5.41, 5.74) is 5.46. The average Bonchev–Trinajstić information content (AvgIpc) is 2.84. The quantitative estimate of drug-likeness (QED) is 0.816. The molecule has 1 fully saturated rings. The van der Waals surface area contributed by atoms with E-state index in [1.165, 1.54) is 12.3 Å². The molecular formula is C12H19N3O3S. The Morgan fingerprint density at radius 3 is 3.00 bits per heavy atom. The van der Waals surface area contributed by atoms with Gasteiger partial charge in [0.1, 0.15) is 4.90 Å². The Balaban J connectivity index is 2.14. The molecule has 1 saturated heterocycles. The molecule has 7 heteroatoms. The van der Waals surface area contributed by atoms with E-state index in [0.29, 0.717) is 12.3 Å². The number of rotatable bonds is 5. The lowest BCUT2D eigenvalue weighted by Gasteiger charge is -2.23.